The van der Waals surface area contributed by atoms with Gasteiger partial charge in [-0.3, -0.25) is 13.9 Å². The highest BCUT2D eigenvalue weighted by Crippen LogP contribution is 2.29. The Bertz CT molecular complexity index is 1740. The van der Waals surface area contributed by atoms with Crippen LogP contribution in [0.25, 0.3) is 0 Å². The summed E-state index contributed by atoms with van der Waals surface area (Å²) < 4.78 is 29.3. The SMILES string of the molecule is CCCNC(=O)[C@H](Cc1ccccc1)N(Cc1ccc(Cl)c(Cl)c1)C(=O)CN(c1ccccc1C)S(=O)(=O)c1ccc(Cl)cc1. The molecule has 11 heteroatoms. The van der Waals surface area contributed by atoms with Crippen LogP contribution in [-0.2, 0) is 32.6 Å². The van der Waals surface area contributed by atoms with Gasteiger partial charge < -0.3 is 10.2 Å². The minimum Gasteiger partial charge on any atom is -0.354 e. The number of rotatable bonds is 13. The number of nitrogens with zero attached hydrogens (tertiary/aromatic N) is 2. The van der Waals surface area contributed by atoms with Gasteiger partial charge in [-0.1, -0.05) is 96.3 Å². The fourth-order valence-electron chi connectivity index (χ4n) is 4.85. The molecule has 0 fully saturated rings. The number of benzene rings is 4. The van der Waals surface area contributed by atoms with E-state index in [2.05, 4.69) is 5.32 Å². The molecular weight excluding hydrogens is 653 g/mol. The number of nitrogens with one attached hydrogen (secondary N) is 1. The van der Waals surface area contributed by atoms with E-state index in [1.54, 1.807) is 49.4 Å². The van der Waals surface area contributed by atoms with Gasteiger partial charge in [-0.15, -0.1) is 0 Å². The molecule has 4 aromatic carbocycles. The number of halogens is 3. The summed E-state index contributed by atoms with van der Waals surface area (Å²) in [5, 5.41) is 3.94. The summed E-state index contributed by atoms with van der Waals surface area (Å²) in [6.07, 6.45) is 0.905. The first kappa shape index (κ1) is 34.3. The van der Waals surface area contributed by atoms with Crippen LogP contribution in [0.5, 0.6) is 0 Å². The molecule has 0 saturated heterocycles. The summed E-state index contributed by atoms with van der Waals surface area (Å²) >= 11 is 18.5. The first-order valence-electron chi connectivity index (χ1n) is 14.4. The predicted octanol–water partition coefficient (Wildman–Crippen LogP) is 7.32. The van der Waals surface area contributed by atoms with Crippen LogP contribution in [0, 0.1) is 6.92 Å². The number of anilines is 1. The molecule has 0 heterocycles. The van der Waals surface area contributed by atoms with Crippen molar-refractivity contribution in [1.29, 1.82) is 0 Å². The Morgan fingerprint density at radius 2 is 1.49 bits per heavy atom. The van der Waals surface area contributed by atoms with E-state index in [0.717, 1.165) is 9.87 Å². The molecule has 0 aromatic heterocycles. The first-order valence-corrected chi connectivity index (χ1v) is 17.0. The van der Waals surface area contributed by atoms with Gasteiger partial charge in [0.1, 0.15) is 12.6 Å². The highest BCUT2D eigenvalue weighted by molar-refractivity contribution is 7.92. The number of hydrogen-bond donors (Lipinski definition) is 1. The summed E-state index contributed by atoms with van der Waals surface area (Å²) in [5.74, 6) is -0.924. The molecule has 0 radical (unpaired) electrons. The van der Waals surface area contributed by atoms with Crippen LogP contribution in [0.4, 0.5) is 5.69 Å². The highest BCUT2D eigenvalue weighted by Gasteiger charge is 2.35. The molecule has 4 rings (SSSR count). The van der Waals surface area contributed by atoms with E-state index < -0.39 is 28.5 Å². The number of amides is 2. The molecular formula is C34H34Cl3N3O4S. The average molecular weight is 687 g/mol. The molecule has 1 atom stereocenters. The molecule has 7 nitrogen and oxygen atoms in total. The van der Waals surface area contributed by atoms with Gasteiger partial charge in [-0.05, 0) is 72.5 Å². The molecule has 4 aromatic rings. The van der Waals surface area contributed by atoms with E-state index in [-0.39, 0.29) is 23.8 Å². The molecule has 0 aliphatic rings. The summed E-state index contributed by atoms with van der Waals surface area (Å²) in [5.41, 5.74) is 2.46. The maximum Gasteiger partial charge on any atom is 0.264 e. The van der Waals surface area contributed by atoms with Crippen molar-refractivity contribution < 1.29 is 18.0 Å². The molecule has 0 unspecified atom stereocenters. The van der Waals surface area contributed by atoms with Crippen LogP contribution in [0.2, 0.25) is 15.1 Å². The fourth-order valence-corrected chi connectivity index (χ4v) is 6.77. The second-order valence-corrected chi connectivity index (χ2v) is 13.6. The average Bonchev–Trinajstić information content (AvgIpc) is 3.03. The van der Waals surface area contributed by atoms with Gasteiger partial charge >= 0.3 is 0 Å². The van der Waals surface area contributed by atoms with Crippen molar-refractivity contribution in [3.05, 3.63) is 129 Å². The summed E-state index contributed by atoms with van der Waals surface area (Å²) in [6, 6.07) is 26.1. The lowest BCUT2D eigenvalue weighted by Crippen LogP contribution is -2.53. The second-order valence-electron chi connectivity index (χ2n) is 10.5. The molecule has 0 saturated carbocycles. The van der Waals surface area contributed by atoms with Gasteiger partial charge in [0.25, 0.3) is 10.0 Å². The number of carbonyl (C=O) groups is 2. The van der Waals surface area contributed by atoms with Crippen molar-refractivity contribution in [2.45, 2.75) is 44.2 Å². The summed E-state index contributed by atoms with van der Waals surface area (Å²) in [7, 11) is -4.24. The number of para-hydroxylation sites is 1. The van der Waals surface area contributed by atoms with E-state index in [9.17, 15) is 18.0 Å². The van der Waals surface area contributed by atoms with Crippen molar-refractivity contribution in [3.63, 3.8) is 0 Å². The Hall–Kier alpha value is -3.56. The molecule has 45 heavy (non-hydrogen) atoms. The molecule has 0 bridgehead atoms. The zero-order valence-electron chi connectivity index (χ0n) is 24.9. The second kappa shape index (κ2) is 15.6. The van der Waals surface area contributed by atoms with Gasteiger partial charge in [0.05, 0.1) is 20.6 Å². The molecule has 0 aliphatic carbocycles. The summed E-state index contributed by atoms with van der Waals surface area (Å²) in [4.78, 5) is 29.6. The Balaban J connectivity index is 1.82. The van der Waals surface area contributed by atoms with E-state index in [0.29, 0.717) is 44.8 Å². The van der Waals surface area contributed by atoms with Crippen molar-refractivity contribution in [1.82, 2.24) is 10.2 Å². The number of carbonyl (C=O) groups excluding carboxylic acids is 2. The van der Waals surface area contributed by atoms with Crippen molar-refractivity contribution in [2.24, 2.45) is 0 Å². The van der Waals surface area contributed by atoms with Crippen molar-refractivity contribution in [3.8, 4) is 0 Å². The van der Waals surface area contributed by atoms with Gasteiger partial charge in [0.2, 0.25) is 11.8 Å². The van der Waals surface area contributed by atoms with Crippen LogP contribution < -0.4 is 9.62 Å². The standard InChI is InChI=1S/C34H34Cl3N3O4S/c1-3-19-38-34(42)32(21-25-10-5-4-6-11-25)39(22-26-13-18-29(36)30(37)20-26)33(41)23-40(31-12-8-7-9-24(31)2)45(43,44)28-16-14-27(35)15-17-28/h4-18,20,32H,3,19,21-23H2,1-2H3,(H,38,42)/t32-/m0/s1. The van der Waals surface area contributed by atoms with Gasteiger partial charge in [0, 0.05) is 24.5 Å². The Morgan fingerprint density at radius 1 is 0.822 bits per heavy atom. The third kappa shape index (κ3) is 8.79. The monoisotopic (exact) mass is 685 g/mol. The molecule has 236 valence electrons. The number of hydrogen-bond acceptors (Lipinski definition) is 4. The molecule has 0 aliphatic heterocycles. The largest absolute Gasteiger partial charge is 0.354 e. The highest BCUT2D eigenvalue weighted by atomic mass is 35.5. The van der Waals surface area contributed by atoms with Gasteiger partial charge in [-0.2, -0.15) is 0 Å². The van der Waals surface area contributed by atoms with E-state index in [1.807, 2.05) is 37.3 Å². The quantitative estimate of drug-likeness (QED) is 0.160. The third-order valence-corrected chi connectivity index (χ3v) is 9.99. The fraction of sp³-hybridized carbons (Fsp3) is 0.235. The predicted molar refractivity (Wildman–Crippen MR) is 181 cm³/mol. The zero-order chi connectivity index (χ0) is 32.6. The van der Waals surface area contributed by atoms with Crippen LogP contribution in [0.3, 0.4) is 0 Å². The zero-order valence-corrected chi connectivity index (χ0v) is 28.0. The number of sulfonamides is 1. The van der Waals surface area contributed by atoms with E-state index in [1.165, 1.54) is 29.2 Å². The lowest BCUT2D eigenvalue weighted by atomic mass is 10.0. The summed E-state index contributed by atoms with van der Waals surface area (Å²) in [6.45, 7) is 3.54. The van der Waals surface area contributed by atoms with Crippen molar-refractivity contribution >= 4 is 62.3 Å². The van der Waals surface area contributed by atoms with E-state index >= 15 is 0 Å². The molecule has 1 N–H and O–H groups in total. The third-order valence-electron chi connectivity index (χ3n) is 7.22. The van der Waals surface area contributed by atoms with Crippen LogP contribution in [0.1, 0.15) is 30.0 Å². The minimum absolute atomic E-state index is 0.0185. The number of aryl methyl sites for hydroxylation is 1. The van der Waals surface area contributed by atoms with Gasteiger partial charge in [0.15, 0.2) is 0 Å². The molecule has 2 amide bonds. The Kier molecular flexibility index (Phi) is 11.9. The molecule has 0 spiro atoms. The van der Waals surface area contributed by atoms with Crippen LogP contribution in [0.15, 0.2) is 102 Å². The smallest absolute Gasteiger partial charge is 0.264 e. The van der Waals surface area contributed by atoms with Crippen LogP contribution >= 0.6 is 34.8 Å². The normalized spacial score (nSPS) is 11.9. The lowest BCUT2D eigenvalue weighted by molar-refractivity contribution is -0.140. The van der Waals surface area contributed by atoms with Gasteiger partial charge in [-0.25, -0.2) is 8.42 Å². The lowest BCUT2D eigenvalue weighted by Gasteiger charge is -2.34. The Labute approximate surface area is 279 Å². The maximum absolute atomic E-state index is 14.5. The van der Waals surface area contributed by atoms with E-state index in [4.69, 9.17) is 34.8 Å². The van der Waals surface area contributed by atoms with Crippen molar-refractivity contribution in [2.75, 3.05) is 17.4 Å². The first-order chi connectivity index (χ1) is 21.5. The Morgan fingerprint density at radius 3 is 2.13 bits per heavy atom. The topological polar surface area (TPSA) is 86.8 Å². The van der Waals surface area contributed by atoms with Crippen LogP contribution in [-0.4, -0.2) is 44.3 Å². The maximum atomic E-state index is 14.5. The minimum atomic E-state index is -4.24.